The third-order valence-corrected chi connectivity index (χ3v) is 5.00. The summed E-state index contributed by atoms with van der Waals surface area (Å²) >= 11 is 0. The minimum absolute atomic E-state index is 0.197. The minimum Gasteiger partial charge on any atom is -0.369 e. The third kappa shape index (κ3) is 4.66. The first-order valence-electron chi connectivity index (χ1n) is 8.86. The van der Waals surface area contributed by atoms with Gasteiger partial charge in [0, 0.05) is 45.0 Å². The lowest BCUT2D eigenvalue weighted by Gasteiger charge is -2.37. The molecule has 2 heterocycles. The standard InChI is InChI=1S/C18H24F3N3O/c19-18(20,21)15-4-6-16(7-5-15)23-12-10-22(11-13-23)14-17(25)24-8-2-1-3-9-24/h4-7H,1-3,8-14H2. The number of carbonyl (C=O) groups excluding carboxylic acids is 1. The average molecular weight is 355 g/mol. The molecule has 0 bridgehead atoms. The monoisotopic (exact) mass is 355 g/mol. The predicted molar refractivity (Wildman–Crippen MR) is 90.5 cm³/mol. The molecule has 1 aromatic rings. The van der Waals surface area contributed by atoms with Gasteiger partial charge in [-0.2, -0.15) is 13.2 Å². The van der Waals surface area contributed by atoms with Crippen molar-refractivity contribution in [3.63, 3.8) is 0 Å². The van der Waals surface area contributed by atoms with Crippen molar-refractivity contribution in [1.82, 2.24) is 9.80 Å². The summed E-state index contributed by atoms with van der Waals surface area (Å²) in [5.41, 5.74) is 0.178. The maximum atomic E-state index is 12.6. The third-order valence-electron chi connectivity index (χ3n) is 5.00. The van der Waals surface area contributed by atoms with Gasteiger partial charge in [0.25, 0.3) is 0 Å². The summed E-state index contributed by atoms with van der Waals surface area (Å²) in [5, 5.41) is 0. The first-order valence-corrected chi connectivity index (χ1v) is 8.86. The van der Waals surface area contributed by atoms with Crippen LogP contribution in [0.15, 0.2) is 24.3 Å². The molecule has 1 amide bonds. The molecule has 7 heteroatoms. The SMILES string of the molecule is O=C(CN1CCN(c2ccc(C(F)(F)F)cc2)CC1)N1CCCCC1. The summed E-state index contributed by atoms with van der Waals surface area (Å²) in [6.07, 6.45) is -0.914. The molecular formula is C18H24F3N3O. The molecule has 25 heavy (non-hydrogen) atoms. The van der Waals surface area contributed by atoms with Crippen LogP contribution in [0.3, 0.4) is 0 Å². The van der Waals surface area contributed by atoms with E-state index >= 15 is 0 Å². The van der Waals surface area contributed by atoms with E-state index in [2.05, 4.69) is 9.80 Å². The Hall–Kier alpha value is -1.76. The van der Waals surface area contributed by atoms with Gasteiger partial charge in [0.15, 0.2) is 0 Å². The molecule has 2 fully saturated rings. The van der Waals surface area contributed by atoms with Crippen LogP contribution in [0.25, 0.3) is 0 Å². The molecule has 0 aliphatic carbocycles. The fraction of sp³-hybridized carbons (Fsp3) is 0.611. The Labute approximate surface area is 146 Å². The van der Waals surface area contributed by atoms with Crippen molar-refractivity contribution in [1.29, 1.82) is 0 Å². The molecule has 0 aromatic heterocycles. The highest BCUT2D eigenvalue weighted by Crippen LogP contribution is 2.30. The Balaban J connectivity index is 1.49. The summed E-state index contributed by atoms with van der Waals surface area (Å²) in [6.45, 7) is 5.12. The van der Waals surface area contributed by atoms with Crippen molar-refractivity contribution in [2.24, 2.45) is 0 Å². The number of carbonyl (C=O) groups is 1. The van der Waals surface area contributed by atoms with E-state index in [1.54, 1.807) is 0 Å². The number of hydrogen-bond acceptors (Lipinski definition) is 3. The Kier molecular flexibility index (Phi) is 5.51. The molecule has 2 aliphatic heterocycles. The second-order valence-electron chi connectivity index (χ2n) is 6.75. The van der Waals surface area contributed by atoms with Crippen molar-refractivity contribution in [2.75, 3.05) is 50.7 Å². The molecule has 4 nitrogen and oxygen atoms in total. The van der Waals surface area contributed by atoms with E-state index in [-0.39, 0.29) is 5.91 Å². The maximum absolute atomic E-state index is 12.6. The molecule has 0 unspecified atom stereocenters. The summed E-state index contributed by atoms with van der Waals surface area (Å²) in [5.74, 6) is 0.197. The van der Waals surface area contributed by atoms with Crippen LogP contribution >= 0.6 is 0 Å². The number of halogens is 3. The van der Waals surface area contributed by atoms with Gasteiger partial charge < -0.3 is 9.80 Å². The van der Waals surface area contributed by atoms with Crippen LogP contribution in [0, 0.1) is 0 Å². The molecule has 2 aliphatic rings. The predicted octanol–water partition coefficient (Wildman–Crippen LogP) is 2.84. The first kappa shape index (κ1) is 18.0. The molecule has 0 saturated carbocycles. The number of amides is 1. The van der Waals surface area contributed by atoms with Gasteiger partial charge in [-0.05, 0) is 43.5 Å². The zero-order valence-corrected chi connectivity index (χ0v) is 14.3. The Morgan fingerprint density at radius 2 is 1.48 bits per heavy atom. The van der Waals surface area contributed by atoms with Gasteiger partial charge in [0.2, 0.25) is 5.91 Å². The van der Waals surface area contributed by atoms with E-state index in [4.69, 9.17) is 0 Å². The number of hydrogen-bond donors (Lipinski definition) is 0. The van der Waals surface area contributed by atoms with E-state index in [0.29, 0.717) is 6.54 Å². The largest absolute Gasteiger partial charge is 0.416 e. The highest BCUT2D eigenvalue weighted by Gasteiger charge is 2.30. The number of anilines is 1. The van der Waals surface area contributed by atoms with Crippen LogP contribution in [0.1, 0.15) is 24.8 Å². The van der Waals surface area contributed by atoms with E-state index in [1.165, 1.54) is 18.6 Å². The lowest BCUT2D eigenvalue weighted by molar-refractivity contribution is -0.137. The molecule has 1 aromatic carbocycles. The lowest BCUT2D eigenvalue weighted by atomic mass is 10.1. The summed E-state index contributed by atoms with van der Waals surface area (Å²) in [4.78, 5) is 18.5. The number of nitrogens with zero attached hydrogens (tertiary/aromatic N) is 3. The first-order chi connectivity index (χ1) is 11.9. The molecular weight excluding hydrogens is 331 g/mol. The zero-order valence-electron chi connectivity index (χ0n) is 14.3. The minimum atomic E-state index is -4.30. The number of piperazine rings is 1. The van der Waals surface area contributed by atoms with E-state index < -0.39 is 11.7 Å². The molecule has 0 atom stereocenters. The van der Waals surface area contributed by atoms with Crippen molar-refractivity contribution < 1.29 is 18.0 Å². The zero-order chi connectivity index (χ0) is 17.9. The fourth-order valence-corrected chi connectivity index (χ4v) is 3.46. The smallest absolute Gasteiger partial charge is 0.369 e. The van der Waals surface area contributed by atoms with Crippen molar-refractivity contribution in [3.05, 3.63) is 29.8 Å². The van der Waals surface area contributed by atoms with Gasteiger partial charge in [0.05, 0.1) is 12.1 Å². The van der Waals surface area contributed by atoms with Gasteiger partial charge in [-0.15, -0.1) is 0 Å². The molecule has 0 radical (unpaired) electrons. The Bertz CT molecular complexity index is 574. The number of likely N-dealkylation sites (tertiary alicyclic amines) is 1. The summed E-state index contributed by atoms with van der Waals surface area (Å²) < 4.78 is 37.9. The quantitative estimate of drug-likeness (QED) is 0.834. The van der Waals surface area contributed by atoms with Crippen molar-refractivity contribution in [3.8, 4) is 0 Å². The molecule has 138 valence electrons. The van der Waals surface area contributed by atoms with Crippen molar-refractivity contribution in [2.45, 2.75) is 25.4 Å². The van der Waals surface area contributed by atoms with Crippen molar-refractivity contribution >= 4 is 11.6 Å². The molecule has 3 rings (SSSR count). The van der Waals surface area contributed by atoms with Crippen LogP contribution in [0.2, 0.25) is 0 Å². The van der Waals surface area contributed by atoms with Gasteiger partial charge in [0.1, 0.15) is 0 Å². The van der Waals surface area contributed by atoms with E-state index in [1.807, 2.05) is 4.90 Å². The topological polar surface area (TPSA) is 26.8 Å². The number of piperidine rings is 1. The van der Waals surface area contributed by atoms with Crippen LogP contribution in [0.4, 0.5) is 18.9 Å². The van der Waals surface area contributed by atoms with Gasteiger partial charge in [-0.3, -0.25) is 9.69 Å². The second-order valence-corrected chi connectivity index (χ2v) is 6.75. The van der Waals surface area contributed by atoms with E-state index in [9.17, 15) is 18.0 Å². The average Bonchev–Trinajstić information content (AvgIpc) is 2.62. The van der Waals surface area contributed by atoms with Gasteiger partial charge in [-0.1, -0.05) is 0 Å². The van der Waals surface area contributed by atoms with E-state index in [0.717, 1.165) is 69.9 Å². The molecule has 2 saturated heterocycles. The summed E-state index contributed by atoms with van der Waals surface area (Å²) in [6, 6.07) is 5.30. The number of alkyl halides is 3. The number of rotatable bonds is 3. The fourth-order valence-electron chi connectivity index (χ4n) is 3.46. The van der Waals surface area contributed by atoms with Crippen LogP contribution < -0.4 is 4.90 Å². The van der Waals surface area contributed by atoms with Crippen LogP contribution in [-0.2, 0) is 11.0 Å². The second kappa shape index (κ2) is 7.64. The number of benzene rings is 1. The summed E-state index contributed by atoms with van der Waals surface area (Å²) in [7, 11) is 0. The highest BCUT2D eigenvalue weighted by atomic mass is 19.4. The van der Waals surface area contributed by atoms with Crippen LogP contribution in [-0.4, -0.2) is 61.5 Å². The molecule has 0 spiro atoms. The molecule has 0 N–H and O–H groups in total. The Morgan fingerprint density at radius 1 is 0.880 bits per heavy atom. The normalized spacial score (nSPS) is 20.0. The maximum Gasteiger partial charge on any atom is 0.416 e. The Morgan fingerprint density at radius 3 is 2.04 bits per heavy atom. The van der Waals surface area contributed by atoms with Crippen LogP contribution in [0.5, 0.6) is 0 Å². The highest BCUT2D eigenvalue weighted by molar-refractivity contribution is 5.78. The van der Waals surface area contributed by atoms with Gasteiger partial charge >= 0.3 is 6.18 Å². The lowest BCUT2D eigenvalue weighted by Crippen LogP contribution is -2.50. The van der Waals surface area contributed by atoms with Gasteiger partial charge in [-0.25, -0.2) is 0 Å².